The van der Waals surface area contributed by atoms with E-state index < -0.39 is 0 Å². The number of rotatable bonds is 4. The molecule has 0 unspecified atom stereocenters. The largest absolute Gasteiger partial charge is 0.358 e. The van der Waals surface area contributed by atoms with Gasteiger partial charge in [-0.3, -0.25) is 4.79 Å². The van der Waals surface area contributed by atoms with Crippen molar-refractivity contribution in [1.29, 1.82) is 0 Å². The number of carbonyl (C=O) groups excluding carboxylic acids is 1. The van der Waals surface area contributed by atoms with Crippen LogP contribution in [0, 0.1) is 6.92 Å². The fourth-order valence-corrected chi connectivity index (χ4v) is 3.09. The number of nitrogens with one attached hydrogen (secondary N) is 1. The van der Waals surface area contributed by atoms with Gasteiger partial charge in [-0.1, -0.05) is 41.9 Å². The van der Waals surface area contributed by atoms with Gasteiger partial charge in [0.15, 0.2) is 5.78 Å². The number of H-pyrrole nitrogens is 1. The van der Waals surface area contributed by atoms with Crippen LogP contribution in [0.3, 0.4) is 0 Å². The number of Topliss-reactive ketones (excluding diaryl/α,β-unsaturated/α-hetero) is 1. The van der Waals surface area contributed by atoms with Crippen LogP contribution in [0.1, 0.15) is 16.1 Å². The van der Waals surface area contributed by atoms with E-state index in [1.807, 2.05) is 43.3 Å². The van der Waals surface area contributed by atoms with E-state index >= 15 is 0 Å². The smallest absolute Gasteiger partial charge is 0.204 e. The van der Waals surface area contributed by atoms with Crippen molar-refractivity contribution in [2.45, 2.75) is 13.5 Å². The van der Waals surface area contributed by atoms with Crippen LogP contribution in [-0.2, 0) is 6.54 Å². The van der Waals surface area contributed by atoms with Crippen molar-refractivity contribution in [3.05, 3.63) is 64.8 Å². The summed E-state index contributed by atoms with van der Waals surface area (Å²) < 4.78 is 0. The van der Waals surface area contributed by atoms with Crippen molar-refractivity contribution in [3.8, 4) is 11.4 Å². The number of aryl methyl sites for hydroxylation is 1. The van der Waals surface area contributed by atoms with Crippen molar-refractivity contribution >= 4 is 28.3 Å². The van der Waals surface area contributed by atoms with Gasteiger partial charge >= 0.3 is 0 Å². The van der Waals surface area contributed by atoms with Crippen LogP contribution >= 0.6 is 11.6 Å². The van der Waals surface area contributed by atoms with Gasteiger partial charge < -0.3 is 4.98 Å². The molecule has 0 saturated heterocycles. The minimum Gasteiger partial charge on any atom is -0.358 e. The summed E-state index contributed by atoms with van der Waals surface area (Å²) >= 11 is 5.99. The van der Waals surface area contributed by atoms with E-state index in [0.29, 0.717) is 16.4 Å². The first-order valence-corrected chi connectivity index (χ1v) is 8.14. The first kappa shape index (κ1) is 15.5. The lowest BCUT2D eigenvalue weighted by molar-refractivity contribution is 0.0962. The molecule has 1 N–H and O–H groups in total. The maximum absolute atomic E-state index is 12.7. The highest BCUT2D eigenvalue weighted by Crippen LogP contribution is 2.23. The van der Waals surface area contributed by atoms with Gasteiger partial charge in [-0.15, -0.1) is 10.2 Å². The van der Waals surface area contributed by atoms with Crippen LogP contribution in [0.2, 0.25) is 5.02 Å². The molecule has 0 fully saturated rings. The monoisotopic (exact) mass is 351 g/mol. The van der Waals surface area contributed by atoms with E-state index in [-0.39, 0.29) is 12.3 Å². The Morgan fingerprint density at radius 1 is 1.20 bits per heavy atom. The third-order valence-electron chi connectivity index (χ3n) is 3.99. The molecule has 0 aliphatic carbocycles. The van der Waals surface area contributed by atoms with Gasteiger partial charge in [0.25, 0.3) is 0 Å². The lowest BCUT2D eigenvalue weighted by Crippen LogP contribution is -2.14. The lowest BCUT2D eigenvalue weighted by atomic mass is 10.1. The molecular formula is C18H14ClN5O. The average Bonchev–Trinajstić information content (AvgIpc) is 3.18. The molecule has 0 aliphatic rings. The van der Waals surface area contributed by atoms with Crippen molar-refractivity contribution in [3.63, 3.8) is 0 Å². The summed E-state index contributed by atoms with van der Waals surface area (Å²) in [7, 11) is 0. The summed E-state index contributed by atoms with van der Waals surface area (Å²) in [6.45, 7) is 1.91. The standard InChI is InChI=1S/C18H14ClN5O/c1-11-17(14-7-2-3-8-15(14)20-11)16(25)10-24-22-18(21-23-24)12-5-4-6-13(19)9-12/h2-9,20H,10H2,1H3. The summed E-state index contributed by atoms with van der Waals surface area (Å²) in [6, 6.07) is 14.9. The molecular weight excluding hydrogens is 338 g/mol. The Morgan fingerprint density at radius 3 is 2.88 bits per heavy atom. The highest BCUT2D eigenvalue weighted by molar-refractivity contribution is 6.30. The number of hydrogen-bond donors (Lipinski definition) is 1. The first-order chi connectivity index (χ1) is 12.1. The minimum atomic E-state index is -0.0648. The zero-order valence-corrected chi connectivity index (χ0v) is 14.2. The molecule has 4 aromatic rings. The Kier molecular flexibility index (Phi) is 3.82. The molecule has 0 bridgehead atoms. The van der Waals surface area contributed by atoms with E-state index in [4.69, 9.17) is 11.6 Å². The summed E-state index contributed by atoms with van der Waals surface area (Å²) in [5.41, 5.74) is 3.20. The fraction of sp³-hybridized carbons (Fsp3) is 0.111. The maximum atomic E-state index is 12.7. The highest BCUT2D eigenvalue weighted by atomic mass is 35.5. The second kappa shape index (κ2) is 6.14. The fourth-order valence-electron chi connectivity index (χ4n) is 2.90. The predicted molar refractivity (Wildman–Crippen MR) is 95.6 cm³/mol. The molecule has 25 heavy (non-hydrogen) atoms. The Labute approximate surface area is 148 Å². The second-order valence-corrected chi connectivity index (χ2v) is 6.18. The Bertz CT molecular complexity index is 1080. The average molecular weight is 352 g/mol. The van der Waals surface area contributed by atoms with Gasteiger partial charge in [0, 0.05) is 32.7 Å². The van der Waals surface area contributed by atoms with E-state index in [2.05, 4.69) is 20.4 Å². The second-order valence-electron chi connectivity index (χ2n) is 5.75. The number of halogens is 1. The number of aromatic amines is 1. The van der Waals surface area contributed by atoms with E-state index in [9.17, 15) is 4.79 Å². The summed E-state index contributed by atoms with van der Waals surface area (Å²) in [5, 5.41) is 13.8. The predicted octanol–water partition coefficient (Wildman–Crippen LogP) is 3.67. The van der Waals surface area contributed by atoms with Gasteiger partial charge in [-0.2, -0.15) is 4.80 Å². The zero-order chi connectivity index (χ0) is 17.4. The van der Waals surface area contributed by atoms with Crippen molar-refractivity contribution in [2.75, 3.05) is 0 Å². The quantitative estimate of drug-likeness (QED) is 0.569. The Hall–Kier alpha value is -2.99. The van der Waals surface area contributed by atoms with Crippen LogP contribution in [-0.4, -0.2) is 31.0 Å². The number of aromatic nitrogens is 5. The molecule has 2 aromatic carbocycles. The molecule has 0 radical (unpaired) electrons. The molecule has 0 spiro atoms. The van der Waals surface area contributed by atoms with Crippen molar-refractivity contribution in [2.24, 2.45) is 0 Å². The number of carbonyl (C=O) groups is 1. The summed E-state index contributed by atoms with van der Waals surface area (Å²) in [5.74, 6) is 0.371. The highest BCUT2D eigenvalue weighted by Gasteiger charge is 2.17. The van der Waals surface area contributed by atoms with Crippen molar-refractivity contribution in [1.82, 2.24) is 25.2 Å². The molecule has 2 heterocycles. The van der Waals surface area contributed by atoms with E-state index in [0.717, 1.165) is 22.2 Å². The molecule has 0 aliphatic heterocycles. The zero-order valence-electron chi connectivity index (χ0n) is 13.4. The number of nitrogens with zero attached hydrogens (tertiary/aromatic N) is 4. The van der Waals surface area contributed by atoms with Gasteiger partial charge in [-0.25, -0.2) is 0 Å². The maximum Gasteiger partial charge on any atom is 0.204 e. The third kappa shape index (κ3) is 2.92. The molecule has 6 nitrogen and oxygen atoms in total. The topological polar surface area (TPSA) is 76.5 Å². The van der Waals surface area contributed by atoms with Gasteiger partial charge in [0.1, 0.15) is 6.54 Å². The number of benzene rings is 2. The van der Waals surface area contributed by atoms with Crippen LogP contribution in [0.5, 0.6) is 0 Å². The number of ketones is 1. The minimum absolute atomic E-state index is 0.0241. The number of para-hydroxylation sites is 1. The van der Waals surface area contributed by atoms with E-state index in [1.54, 1.807) is 12.1 Å². The van der Waals surface area contributed by atoms with Gasteiger partial charge in [0.05, 0.1) is 0 Å². The van der Waals surface area contributed by atoms with Crippen LogP contribution in [0.15, 0.2) is 48.5 Å². The number of hydrogen-bond acceptors (Lipinski definition) is 4. The molecule has 0 amide bonds. The number of fused-ring (bicyclic) bond motifs is 1. The molecule has 4 rings (SSSR count). The van der Waals surface area contributed by atoms with Crippen LogP contribution in [0.25, 0.3) is 22.3 Å². The molecule has 0 saturated carbocycles. The summed E-state index contributed by atoms with van der Waals surface area (Å²) in [4.78, 5) is 17.3. The molecule has 0 atom stereocenters. The molecule has 2 aromatic heterocycles. The number of tetrazole rings is 1. The van der Waals surface area contributed by atoms with Gasteiger partial charge in [0.2, 0.25) is 5.82 Å². The Morgan fingerprint density at radius 2 is 2.04 bits per heavy atom. The van der Waals surface area contributed by atoms with Crippen LogP contribution in [0.4, 0.5) is 0 Å². The Balaban J connectivity index is 1.62. The normalized spacial score (nSPS) is 11.1. The van der Waals surface area contributed by atoms with E-state index in [1.165, 1.54) is 4.80 Å². The van der Waals surface area contributed by atoms with Crippen molar-refractivity contribution < 1.29 is 4.79 Å². The summed E-state index contributed by atoms with van der Waals surface area (Å²) in [6.07, 6.45) is 0. The first-order valence-electron chi connectivity index (χ1n) is 7.76. The lowest BCUT2D eigenvalue weighted by Gasteiger charge is -2.00. The van der Waals surface area contributed by atoms with Gasteiger partial charge in [-0.05, 0) is 30.3 Å². The van der Waals surface area contributed by atoms with Crippen LogP contribution < -0.4 is 0 Å². The third-order valence-corrected chi connectivity index (χ3v) is 4.23. The molecule has 124 valence electrons. The SMILES string of the molecule is Cc1[nH]c2ccccc2c1C(=O)Cn1nnc(-c2cccc(Cl)c2)n1. The molecule has 7 heteroatoms.